The van der Waals surface area contributed by atoms with Crippen LogP contribution in [0.5, 0.6) is 11.5 Å². The zero-order valence-corrected chi connectivity index (χ0v) is 17.7. The quantitative estimate of drug-likeness (QED) is 0.662. The standard InChI is InChI=1S/C21H22Cl2N2O4/c1-11(26)25-12-9-15(22)19(16(23)10-12)18-14(21(24)27)7-8-17(28-2)20(18)29-13-5-3-4-6-13/h7-10,13H,3-6H2,1-2H3,(H2,24,27)(H,25,26). The number of hydrogen-bond donors (Lipinski definition) is 2. The molecule has 8 heteroatoms. The van der Waals surface area contributed by atoms with Crippen LogP contribution >= 0.6 is 23.2 Å². The normalized spacial score (nSPS) is 13.9. The van der Waals surface area contributed by atoms with Crippen molar-refractivity contribution in [2.45, 2.75) is 38.7 Å². The van der Waals surface area contributed by atoms with Gasteiger partial charge in [0.15, 0.2) is 11.5 Å². The molecule has 154 valence electrons. The topological polar surface area (TPSA) is 90.6 Å². The van der Waals surface area contributed by atoms with Crippen LogP contribution in [0.2, 0.25) is 10.0 Å². The summed E-state index contributed by atoms with van der Waals surface area (Å²) in [7, 11) is 1.52. The summed E-state index contributed by atoms with van der Waals surface area (Å²) >= 11 is 13.1. The summed E-state index contributed by atoms with van der Waals surface area (Å²) in [6.45, 7) is 1.39. The van der Waals surface area contributed by atoms with Gasteiger partial charge in [-0.25, -0.2) is 0 Å². The minimum atomic E-state index is -0.642. The Morgan fingerprint density at radius 2 is 1.72 bits per heavy atom. The smallest absolute Gasteiger partial charge is 0.249 e. The lowest BCUT2D eigenvalue weighted by molar-refractivity contribution is -0.114. The van der Waals surface area contributed by atoms with Gasteiger partial charge in [0, 0.05) is 23.7 Å². The van der Waals surface area contributed by atoms with Gasteiger partial charge in [0.1, 0.15) is 0 Å². The summed E-state index contributed by atoms with van der Waals surface area (Å²) in [4.78, 5) is 23.6. The molecule has 1 aliphatic rings. The molecule has 2 aromatic rings. The third-order valence-electron chi connectivity index (χ3n) is 4.81. The molecule has 1 aliphatic carbocycles. The number of ether oxygens (including phenoxy) is 2. The van der Waals surface area contributed by atoms with Gasteiger partial charge in [0.2, 0.25) is 11.8 Å². The highest BCUT2D eigenvalue weighted by atomic mass is 35.5. The molecule has 1 saturated carbocycles. The van der Waals surface area contributed by atoms with Crippen LogP contribution in [0.1, 0.15) is 43.0 Å². The van der Waals surface area contributed by atoms with E-state index in [2.05, 4.69) is 5.32 Å². The Hall–Kier alpha value is -2.44. The van der Waals surface area contributed by atoms with Gasteiger partial charge >= 0.3 is 0 Å². The van der Waals surface area contributed by atoms with E-state index in [4.69, 9.17) is 38.4 Å². The zero-order valence-electron chi connectivity index (χ0n) is 16.2. The number of nitrogens with one attached hydrogen (secondary N) is 1. The fourth-order valence-corrected chi connectivity index (χ4v) is 4.23. The second-order valence-corrected chi connectivity index (χ2v) is 7.72. The number of carbonyl (C=O) groups excluding carboxylic acids is 2. The molecule has 2 aromatic carbocycles. The lowest BCUT2D eigenvalue weighted by atomic mass is 9.96. The van der Waals surface area contributed by atoms with Crippen LogP contribution in [0.3, 0.4) is 0 Å². The van der Waals surface area contributed by atoms with Crippen molar-refractivity contribution in [3.05, 3.63) is 39.9 Å². The van der Waals surface area contributed by atoms with E-state index in [1.165, 1.54) is 14.0 Å². The van der Waals surface area contributed by atoms with E-state index >= 15 is 0 Å². The van der Waals surface area contributed by atoms with Gasteiger partial charge in [-0.15, -0.1) is 0 Å². The van der Waals surface area contributed by atoms with Crippen molar-refractivity contribution in [1.29, 1.82) is 0 Å². The van der Waals surface area contributed by atoms with E-state index in [1.807, 2.05) is 0 Å². The van der Waals surface area contributed by atoms with Gasteiger partial charge < -0.3 is 20.5 Å². The lowest BCUT2D eigenvalue weighted by Crippen LogP contribution is -2.17. The highest BCUT2D eigenvalue weighted by Crippen LogP contribution is 2.48. The number of benzene rings is 2. The van der Waals surface area contributed by atoms with E-state index < -0.39 is 5.91 Å². The Bertz CT molecular complexity index is 933. The Morgan fingerprint density at radius 3 is 2.24 bits per heavy atom. The maximum absolute atomic E-state index is 12.2. The second kappa shape index (κ2) is 8.93. The summed E-state index contributed by atoms with van der Waals surface area (Å²) in [5.41, 5.74) is 7.07. The molecule has 0 heterocycles. The van der Waals surface area contributed by atoms with Gasteiger partial charge in [0.05, 0.1) is 28.8 Å². The number of amides is 2. The van der Waals surface area contributed by atoms with Crippen LogP contribution in [-0.4, -0.2) is 25.0 Å². The molecule has 0 bridgehead atoms. The van der Waals surface area contributed by atoms with E-state index in [0.717, 1.165) is 25.7 Å². The zero-order chi connectivity index (χ0) is 21.1. The second-order valence-electron chi connectivity index (χ2n) is 6.90. The molecule has 3 rings (SSSR count). The molecule has 1 fully saturated rings. The molecule has 0 spiro atoms. The first-order chi connectivity index (χ1) is 13.8. The average Bonchev–Trinajstić information content (AvgIpc) is 3.14. The van der Waals surface area contributed by atoms with E-state index in [-0.39, 0.29) is 27.6 Å². The number of hydrogen-bond acceptors (Lipinski definition) is 4. The van der Waals surface area contributed by atoms with Crippen LogP contribution < -0.4 is 20.5 Å². The monoisotopic (exact) mass is 436 g/mol. The van der Waals surface area contributed by atoms with E-state index in [1.54, 1.807) is 24.3 Å². The van der Waals surface area contributed by atoms with Crippen molar-refractivity contribution >= 4 is 40.7 Å². The molecule has 0 radical (unpaired) electrons. The van der Waals surface area contributed by atoms with Crippen molar-refractivity contribution < 1.29 is 19.1 Å². The molecule has 2 amide bonds. The first kappa shape index (κ1) is 21.3. The minimum Gasteiger partial charge on any atom is -0.493 e. The summed E-state index contributed by atoms with van der Waals surface area (Å²) < 4.78 is 11.7. The summed E-state index contributed by atoms with van der Waals surface area (Å²) in [6.07, 6.45) is 3.97. The van der Waals surface area contributed by atoms with Gasteiger partial charge in [0.25, 0.3) is 0 Å². The molecular weight excluding hydrogens is 415 g/mol. The minimum absolute atomic E-state index is 0.00183. The molecule has 0 atom stereocenters. The van der Waals surface area contributed by atoms with Crippen molar-refractivity contribution in [3.63, 3.8) is 0 Å². The van der Waals surface area contributed by atoms with Crippen molar-refractivity contribution in [1.82, 2.24) is 0 Å². The number of methoxy groups -OCH3 is 1. The summed E-state index contributed by atoms with van der Waals surface area (Å²) in [5.74, 6) is -0.0620. The number of anilines is 1. The SMILES string of the molecule is COc1ccc(C(N)=O)c(-c2c(Cl)cc(NC(C)=O)cc2Cl)c1OC1CCCC1. The molecule has 0 unspecified atom stereocenters. The first-order valence-corrected chi connectivity index (χ1v) is 10.0. The Kier molecular flexibility index (Phi) is 6.55. The van der Waals surface area contributed by atoms with Gasteiger partial charge in [-0.05, 0) is 49.9 Å². The maximum Gasteiger partial charge on any atom is 0.249 e. The van der Waals surface area contributed by atoms with Crippen molar-refractivity contribution in [2.24, 2.45) is 5.73 Å². The molecule has 6 nitrogen and oxygen atoms in total. The van der Waals surface area contributed by atoms with E-state index in [0.29, 0.717) is 28.3 Å². The van der Waals surface area contributed by atoms with Crippen LogP contribution in [0, 0.1) is 0 Å². The van der Waals surface area contributed by atoms with E-state index in [9.17, 15) is 9.59 Å². The van der Waals surface area contributed by atoms with Crippen LogP contribution in [0.4, 0.5) is 5.69 Å². The lowest BCUT2D eigenvalue weighted by Gasteiger charge is -2.22. The molecule has 0 saturated heterocycles. The maximum atomic E-state index is 12.2. The Labute approximate surface area is 179 Å². The fraction of sp³-hybridized carbons (Fsp3) is 0.333. The molecule has 0 aliphatic heterocycles. The van der Waals surface area contributed by atoms with Crippen LogP contribution in [0.25, 0.3) is 11.1 Å². The third-order valence-corrected chi connectivity index (χ3v) is 5.40. The average molecular weight is 437 g/mol. The number of rotatable bonds is 6. The van der Waals surface area contributed by atoms with Crippen molar-refractivity contribution in [2.75, 3.05) is 12.4 Å². The number of primary amides is 1. The van der Waals surface area contributed by atoms with Crippen LogP contribution in [-0.2, 0) is 4.79 Å². The number of carbonyl (C=O) groups is 2. The largest absolute Gasteiger partial charge is 0.493 e. The van der Waals surface area contributed by atoms with Crippen LogP contribution in [0.15, 0.2) is 24.3 Å². The predicted octanol–water partition coefficient (Wildman–Crippen LogP) is 5.05. The first-order valence-electron chi connectivity index (χ1n) is 9.26. The Balaban J connectivity index is 2.23. The van der Waals surface area contributed by atoms with Gasteiger partial charge in [-0.3, -0.25) is 9.59 Å². The summed E-state index contributed by atoms with van der Waals surface area (Å²) in [5, 5.41) is 3.13. The predicted molar refractivity (Wildman–Crippen MR) is 114 cm³/mol. The van der Waals surface area contributed by atoms with Gasteiger partial charge in [-0.1, -0.05) is 23.2 Å². The molecule has 0 aromatic heterocycles. The van der Waals surface area contributed by atoms with Crippen molar-refractivity contribution in [3.8, 4) is 22.6 Å². The van der Waals surface area contributed by atoms with Gasteiger partial charge in [-0.2, -0.15) is 0 Å². The third kappa shape index (κ3) is 4.60. The summed E-state index contributed by atoms with van der Waals surface area (Å²) in [6, 6.07) is 6.33. The molecule has 3 N–H and O–H groups in total. The fourth-order valence-electron chi connectivity index (χ4n) is 3.56. The molecular formula is C21H22Cl2N2O4. The Morgan fingerprint density at radius 1 is 1.10 bits per heavy atom. The highest BCUT2D eigenvalue weighted by molar-refractivity contribution is 6.40. The number of halogens is 2. The highest BCUT2D eigenvalue weighted by Gasteiger charge is 2.27. The number of nitrogens with two attached hydrogens (primary N) is 1. The molecule has 29 heavy (non-hydrogen) atoms.